The van der Waals surface area contributed by atoms with E-state index in [0.717, 1.165) is 17.9 Å². The van der Waals surface area contributed by atoms with Gasteiger partial charge in [0.15, 0.2) is 0 Å². The van der Waals surface area contributed by atoms with E-state index >= 15 is 0 Å². The first-order chi connectivity index (χ1) is 22.0. The van der Waals surface area contributed by atoms with Crippen LogP contribution in [0.4, 0.5) is 22.7 Å². The zero-order valence-corrected chi connectivity index (χ0v) is 26.2. The Labute approximate surface area is 268 Å². The van der Waals surface area contributed by atoms with Crippen molar-refractivity contribution in [3.63, 3.8) is 0 Å². The van der Waals surface area contributed by atoms with Gasteiger partial charge in [-0.25, -0.2) is 0 Å². The number of nitrogens with two attached hydrogens (primary N) is 1. The molecule has 220 valence electrons. The second kappa shape index (κ2) is 11.0. The Kier molecular flexibility index (Phi) is 6.69. The van der Waals surface area contributed by atoms with Crippen LogP contribution in [-0.2, 0) is 6.54 Å². The lowest BCUT2D eigenvalue weighted by atomic mass is 9.99. The molecule has 0 aliphatic carbocycles. The number of rotatable bonds is 6. The highest BCUT2D eigenvalue weighted by Crippen LogP contribution is 2.44. The number of thiophene rings is 1. The molecule has 1 aromatic heterocycles. The lowest BCUT2D eigenvalue weighted by Gasteiger charge is -2.22. The van der Waals surface area contributed by atoms with Gasteiger partial charge in [0.05, 0.1) is 22.7 Å². The second-order valence-electron chi connectivity index (χ2n) is 11.9. The minimum absolute atomic E-state index is 0.127. The number of hydrogen-bond acceptors (Lipinski definition) is 5. The maximum absolute atomic E-state index is 6.22. The molecule has 0 fully saturated rings. The fourth-order valence-electron chi connectivity index (χ4n) is 6.70. The molecular weight excluding hydrogens is 569 g/mol. The fourth-order valence-corrected chi connectivity index (χ4v) is 8.07. The third kappa shape index (κ3) is 4.77. The van der Waals surface area contributed by atoms with E-state index in [-0.39, 0.29) is 6.17 Å². The van der Waals surface area contributed by atoms with Gasteiger partial charge in [-0.2, -0.15) is 0 Å². The van der Waals surface area contributed by atoms with Gasteiger partial charge < -0.3 is 20.9 Å². The quantitative estimate of drug-likeness (QED) is 0.186. The van der Waals surface area contributed by atoms with E-state index in [1.807, 2.05) is 29.5 Å². The zero-order valence-electron chi connectivity index (χ0n) is 25.4. The van der Waals surface area contributed by atoms with Crippen LogP contribution in [-0.4, -0.2) is 14.1 Å². The first-order valence-corrected chi connectivity index (χ1v) is 16.1. The Morgan fingerprint density at radius 2 is 1.29 bits per heavy atom. The summed E-state index contributed by atoms with van der Waals surface area (Å²) in [7, 11) is 4.24. The number of anilines is 4. The molecule has 8 rings (SSSR count). The molecule has 4 nitrogen and oxygen atoms in total. The van der Waals surface area contributed by atoms with Crippen LogP contribution in [0, 0.1) is 0 Å². The highest BCUT2D eigenvalue weighted by atomic mass is 32.1. The fraction of sp³-hybridized carbons (Fsp3) is 0.100. The van der Waals surface area contributed by atoms with Crippen molar-refractivity contribution >= 4 is 54.3 Å². The van der Waals surface area contributed by atoms with Crippen molar-refractivity contribution in [1.82, 2.24) is 0 Å². The lowest BCUT2D eigenvalue weighted by Crippen LogP contribution is -2.23. The average molecular weight is 603 g/mol. The van der Waals surface area contributed by atoms with Crippen LogP contribution in [0.5, 0.6) is 0 Å². The first kappa shape index (κ1) is 27.3. The summed E-state index contributed by atoms with van der Waals surface area (Å²) in [6, 6.07) is 48.0. The van der Waals surface area contributed by atoms with E-state index in [0.29, 0.717) is 0 Å². The van der Waals surface area contributed by atoms with E-state index in [1.54, 1.807) is 0 Å². The number of hydrogen-bond donors (Lipinski definition) is 2. The van der Waals surface area contributed by atoms with Crippen LogP contribution < -0.4 is 20.9 Å². The zero-order chi connectivity index (χ0) is 30.5. The van der Waals surface area contributed by atoms with Crippen molar-refractivity contribution < 1.29 is 0 Å². The monoisotopic (exact) mass is 602 g/mol. The molecule has 1 unspecified atom stereocenters. The molecule has 2 heterocycles. The molecule has 6 aromatic carbocycles. The van der Waals surface area contributed by atoms with Gasteiger partial charge in [-0.05, 0) is 57.6 Å². The third-order valence-corrected chi connectivity index (χ3v) is 10.3. The van der Waals surface area contributed by atoms with Crippen LogP contribution in [0.3, 0.4) is 0 Å². The van der Waals surface area contributed by atoms with Gasteiger partial charge >= 0.3 is 0 Å². The average Bonchev–Trinajstić information content (AvgIpc) is 3.63. The van der Waals surface area contributed by atoms with E-state index in [9.17, 15) is 0 Å². The van der Waals surface area contributed by atoms with Gasteiger partial charge in [0.25, 0.3) is 0 Å². The van der Waals surface area contributed by atoms with Gasteiger partial charge in [0.1, 0.15) is 6.17 Å². The van der Waals surface area contributed by atoms with Crippen molar-refractivity contribution in [2.24, 2.45) is 0 Å². The van der Waals surface area contributed by atoms with Crippen molar-refractivity contribution in [3.8, 4) is 22.3 Å². The smallest absolute Gasteiger partial charge is 0.125 e. The molecule has 0 amide bonds. The van der Waals surface area contributed by atoms with Crippen molar-refractivity contribution in [1.29, 1.82) is 0 Å². The molecule has 0 saturated carbocycles. The van der Waals surface area contributed by atoms with Crippen LogP contribution >= 0.6 is 11.3 Å². The highest BCUT2D eigenvalue weighted by molar-refractivity contribution is 7.26. The molecule has 1 atom stereocenters. The highest BCUT2D eigenvalue weighted by Gasteiger charge is 2.26. The van der Waals surface area contributed by atoms with E-state index in [1.165, 1.54) is 64.9 Å². The molecule has 0 saturated heterocycles. The molecule has 0 spiro atoms. The van der Waals surface area contributed by atoms with Gasteiger partial charge in [0, 0.05) is 40.8 Å². The maximum atomic E-state index is 6.22. The van der Waals surface area contributed by atoms with Crippen molar-refractivity contribution in [2.45, 2.75) is 12.7 Å². The van der Waals surface area contributed by atoms with Crippen molar-refractivity contribution in [2.75, 3.05) is 34.9 Å². The van der Waals surface area contributed by atoms with Gasteiger partial charge in [0.2, 0.25) is 0 Å². The van der Waals surface area contributed by atoms with Gasteiger partial charge in [-0.3, -0.25) is 0 Å². The van der Waals surface area contributed by atoms with Crippen LogP contribution in [0.1, 0.15) is 17.3 Å². The molecule has 5 heteroatoms. The third-order valence-electron chi connectivity index (χ3n) is 9.06. The van der Waals surface area contributed by atoms with E-state index in [4.69, 9.17) is 5.73 Å². The van der Waals surface area contributed by atoms with Gasteiger partial charge in [-0.1, -0.05) is 109 Å². The summed E-state index contributed by atoms with van der Waals surface area (Å²) >= 11 is 1.90. The Morgan fingerprint density at radius 1 is 0.689 bits per heavy atom. The molecule has 0 radical (unpaired) electrons. The van der Waals surface area contributed by atoms with E-state index < -0.39 is 0 Å². The summed E-state index contributed by atoms with van der Waals surface area (Å²) in [5.74, 6) is 0. The van der Waals surface area contributed by atoms with Crippen LogP contribution in [0.15, 0.2) is 133 Å². The second-order valence-corrected chi connectivity index (χ2v) is 12.9. The number of nitrogens with one attached hydrogen (secondary N) is 1. The Hall–Kier alpha value is -5.26. The maximum Gasteiger partial charge on any atom is 0.125 e. The number of para-hydroxylation sites is 4. The molecule has 1 aliphatic heterocycles. The SMILES string of the molecule is CN(Cc1ccc(-c2cccc3c2sc2c(-c4ccc(C5Nc6ccccc6N5C)cc4)cccc23)cc1)c1ccccc1N. The first-order valence-electron chi connectivity index (χ1n) is 15.3. The predicted octanol–water partition coefficient (Wildman–Crippen LogP) is 10.2. The number of nitrogen functional groups attached to an aromatic ring is 1. The predicted molar refractivity (Wildman–Crippen MR) is 194 cm³/mol. The molecule has 45 heavy (non-hydrogen) atoms. The van der Waals surface area contributed by atoms with Crippen LogP contribution in [0.25, 0.3) is 42.4 Å². The standard InChI is InChI=1S/C40H34N4S/c1-43(36-15-5-3-13-34(36)41)25-26-17-19-27(20-18-26)30-9-7-11-32-33-12-8-10-31(39(33)45-38(30)32)28-21-23-29(24-22-28)40-42-35-14-4-6-16-37(35)44(40)2/h3-24,40,42H,25,41H2,1-2H3. The molecule has 3 N–H and O–H groups in total. The van der Waals surface area contributed by atoms with Crippen molar-refractivity contribution in [3.05, 3.63) is 145 Å². The van der Waals surface area contributed by atoms with E-state index in [2.05, 4.69) is 144 Å². The Bertz CT molecular complexity index is 2160. The molecule has 1 aliphatic rings. The normalized spacial score (nSPS) is 14.1. The topological polar surface area (TPSA) is 44.5 Å². The van der Waals surface area contributed by atoms with Crippen LogP contribution in [0.2, 0.25) is 0 Å². The number of fused-ring (bicyclic) bond motifs is 4. The summed E-state index contributed by atoms with van der Waals surface area (Å²) in [6.45, 7) is 0.795. The minimum Gasteiger partial charge on any atom is -0.397 e. The molecule has 0 bridgehead atoms. The molecule has 7 aromatic rings. The number of nitrogens with zero attached hydrogens (tertiary/aromatic N) is 2. The summed E-state index contributed by atoms with van der Waals surface area (Å²) in [6.07, 6.45) is 0.127. The largest absolute Gasteiger partial charge is 0.397 e. The summed E-state index contributed by atoms with van der Waals surface area (Å²) in [5.41, 5.74) is 18.0. The summed E-state index contributed by atoms with van der Waals surface area (Å²) in [5, 5.41) is 6.29. The lowest BCUT2D eigenvalue weighted by molar-refractivity contribution is 0.792. The Morgan fingerprint density at radius 3 is 1.93 bits per heavy atom. The Balaban J connectivity index is 1.10. The summed E-state index contributed by atoms with van der Waals surface area (Å²) in [4.78, 5) is 4.51. The van der Waals surface area contributed by atoms with Gasteiger partial charge in [-0.15, -0.1) is 11.3 Å². The number of benzene rings is 6. The minimum atomic E-state index is 0.127. The molecular formula is C40H34N4S. The summed E-state index contributed by atoms with van der Waals surface area (Å²) < 4.78 is 2.66.